The van der Waals surface area contributed by atoms with Crippen LogP contribution < -0.4 is 11.1 Å². The van der Waals surface area contributed by atoms with Gasteiger partial charge in [0.05, 0.1) is 12.2 Å². The summed E-state index contributed by atoms with van der Waals surface area (Å²) in [5.74, 6) is 0.425. The minimum Gasteiger partial charge on any atom is -0.370 e. The fraction of sp³-hybridized carbons (Fsp3) is 0.250. The van der Waals surface area contributed by atoms with Crippen LogP contribution in [-0.4, -0.2) is 15.3 Å². The van der Waals surface area contributed by atoms with Crippen molar-refractivity contribution in [2.45, 2.75) is 25.8 Å². The van der Waals surface area contributed by atoms with Gasteiger partial charge in [-0.15, -0.1) is 11.3 Å². The number of imidazole rings is 1. The van der Waals surface area contributed by atoms with Crippen molar-refractivity contribution in [2.24, 2.45) is 10.7 Å². The third-order valence-electron chi connectivity index (χ3n) is 3.93. The van der Waals surface area contributed by atoms with Crippen molar-refractivity contribution in [1.29, 1.82) is 0 Å². The molecule has 3 aromatic rings. The maximum atomic E-state index is 5.98. The number of aliphatic imine (C=N–C) groups is 1. The Morgan fingerprint density at radius 2 is 2.27 bits per heavy atom. The summed E-state index contributed by atoms with van der Waals surface area (Å²) in [7, 11) is 0. The molecular weight excluding hydrogens is 294 g/mol. The van der Waals surface area contributed by atoms with Crippen LogP contribution in [-0.2, 0) is 19.4 Å². The zero-order valence-electron chi connectivity index (χ0n) is 12.1. The van der Waals surface area contributed by atoms with Gasteiger partial charge in [-0.1, -0.05) is 6.07 Å². The Bertz CT molecular complexity index is 817. The van der Waals surface area contributed by atoms with Gasteiger partial charge < -0.3 is 11.1 Å². The van der Waals surface area contributed by atoms with E-state index in [1.165, 1.54) is 24.0 Å². The van der Waals surface area contributed by atoms with Crippen LogP contribution in [0, 0.1) is 0 Å². The van der Waals surface area contributed by atoms with Crippen LogP contribution in [0.5, 0.6) is 0 Å². The predicted molar refractivity (Wildman–Crippen MR) is 90.5 cm³/mol. The second-order valence-electron chi connectivity index (χ2n) is 5.49. The number of guanidine groups is 1. The highest BCUT2D eigenvalue weighted by molar-refractivity contribution is 7.15. The Morgan fingerprint density at radius 3 is 3.18 bits per heavy atom. The molecular formula is C16H17N5S. The van der Waals surface area contributed by atoms with Crippen LogP contribution in [0.25, 0.3) is 4.96 Å². The maximum absolute atomic E-state index is 5.98. The van der Waals surface area contributed by atoms with Gasteiger partial charge in [-0.25, -0.2) is 9.98 Å². The third-order valence-corrected chi connectivity index (χ3v) is 4.70. The van der Waals surface area contributed by atoms with E-state index in [4.69, 9.17) is 5.73 Å². The van der Waals surface area contributed by atoms with Crippen LogP contribution in [0.3, 0.4) is 0 Å². The largest absolute Gasteiger partial charge is 0.370 e. The zero-order valence-corrected chi connectivity index (χ0v) is 12.9. The van der Waals surface area contributed by atoms with E-state index in [1.807, 2.05) is 22.2 Å². The molecule has 4 rings (SSSR count). The first kappa shape index (κ1) is 13.3. The summed E-state index contributed by atoms with van der Waals surface area (Å²) >= 11 is 1.61. The molecule has 0 saturated carbocycles. The summed E-state index contributed by atoms with van der Waals surface area (Å²) in [5.41, 5.74) is 10.8. The van der Waals surface area contributed by atoms with Crippen LogP contribution >= 0.6 is 11.3 Å². The number of hydrogen-bond acceptors (Lipinski definition) is 3. The number of aromatic nitrogens is 2. The van der Waals surface area contributed by atoms with E-state index in [-0.39, 0.29) is 0 Å². The Hall–Kier alpha value is -2.34. The number of thiazole rings is 1. The average molecular weight is 311 g/mol. The molecule has 0 unspecified atom stereocenters. The first-order valence-corrected chi connectivity index (χ1v) is 8.26. The van der Waals surface area contributed by atoms with Crippen molar-refractivity contribution in [3.63, 3.8) is 0 Å². The number of rotatable bonds is 3. The average Bonchev–Trinajstić information content (AvgIpc) is 3.19. The van der Waals surface area contributed by atoms with E-state index in [9.17, 15) is 0 Å². The van der Waals surface area contributed by atoms with Crippen LogP contribution in [0.4, 0.5) is 5.69 Å². The highest BCUT2D eigenvalue weighted by atomic mass is 32.1. The lowest BCUT2D eigenvalue weighted by molar-refractivity contribution is 0.912. The van der Waals surface area contributed by atoms with E-state index >= 15 is 0 Å². The highest BCUT2D eigenvalue weighted by Gasteiger charge is 2.10. The van der Waals surface area contributed by atoms with Gasteiger partial charge in [-0.3, -0.25) is 4.40 Å². The van der Waals surface area contributed by atoms with Crippen LogP contribution in [0.15, 0.2) is 41.0 Å². The lowest BCUT2D eigenvalue weighted by atomic mass is 10.1. The van der Waals surface area contributed by atoms with Crippen molar-refractivity contribution in [1.82, 2.24) is 9.38 Å². The van der Waals surface area contributed by atoms with Gasteiger partial charge in [0.1, 0.15) is 0 Å². The molecule has 0 amide bonds. The van der Waals surface area contributed by atoms with E-state index in [0.717, 1.165) is 22.8 Å². The monoisotopic (exact) mass is 311 g/mol. The Balaban J connectivity index is 1.44. The molecule has 1 aromatic carbocycles. The summed E-state index contributed by atoms with van der Waals surface area (Å²) in [5, 5.41) is 5.18. The number of nitrogens with two attached hydrogens (primary N) is 1. The van der Waals surface area contributed by atoms with Gasteiger partial charge in [0.25, 0.3) is 0 Å². The molecule has 0 saturated heterocycles. The third kappa shape index (κ3) is 2.57. The molecule has 6 heteroatoms. The molecule has 0 atom stereocenters. The SMILES string of the molecule is NC(=NCc1cn2ccsc2n1)Nc1ccc2c(c1)CCC2. The summed E-state index contributed by atoms with van der Waals surface area (Å²) < 4.78 is 2.00. The molecule has 0 spiro atoms. The first-order chi connectivity index (χ1) is 10.8. The van der Waals surface area contributed by atoms with Crippen LogP contribution in [0.2, 0.25) is 0 Å². The fourth-order valence-electron chi connectivity index (χ4n) is 2.86. The number of nitrogens with zero attached hydrogens (tertiary/aromatic N) is 3. The highest BCUT2D eigenvalue weighted by Crippen LogP contribution is 2.24. The minimum atomic E-state index is 0.425. The van der Waals surface area contributed by atoms with E-state index in [0.29, 0.717) is 12.5 Å². The molecule has 22 heavy (non-hydrogen) atoms. The lowest BCUT2D eigenvalue weighted by Crippen LogP contribution is -2.22. The number of fused-ring (bicyclic) bond motifs is 2. The molecule has 1 aliphatic rings. The molecule has 0 fully saturated rings. The van der Waals surface area contributed by atoms with Gasteiger partial charge >= 0.3 is 0 Å². The van der Waals surface area contributed by atoms with Crippen molar-refractivity contribution in [3.05, 3.63) is 52.8 Å². The molecule has 5 nitrogen and oxygen atoms in total. The number of nitrogens with one attached hydrogen (secondary N) is 1. The van der Waals surface area contributed by atoms with E-state index < -0.39 is 0 Å². The lowest BCUT2D eigenvalue weighted by Gasteiger charge is -2.07. The second-order valence-corrected chi connectivity index (χ2v) is 6.36. The van der Waals surface area contributed by atoms with Gasteiger partial charge in [0.15, 0.2) is 10.9 Å². The second kappa shape index (κ2) is 5.46. The van der Waals surface area contributed by atoms with E-state index in [1.54, 1.807) is 11.3 Å². The van der Waals surface area contributed by atoms with Crippen LogP contribution in [0.1, 0.15) is 23.2 Å². The van der Waals surface area contributed by atoms with Crippen molar-refractivity contribution in [2.75, 3.05) is 5.32 Å². The zero-order chi connectivity index (χ0) is 14.9. The Kier molecular flexibility index (Phi) is 3.31. The normalized spacial score (nSPS) is 14.5. The molecule has 2 aromatic heterocycles. The predicted octanol–water partition coefficient (Wildman–Crippen LogP) is 2.81. The Labute approximate surface area is 132 Å². The standard InChI is InChI=1S/C16H17N5S/c17-15(18-9-14-10-21-6-7-22-16(21)20-14)19-13-5-4-11-2-1-3-12(11)8-13/h4-8,10H,1-3,9H2,(H3,17,18,19). The molecule has 0 bridgehead atoms. The molecule has 2 heterocycles. The molecule has 0 aliphatic heterocycles. The van der Waals surface area contributed by atoms with E-state index in [2.05, 4.69) is 33.5 Å². The number of aryl methyl sites for hydroxylation is 2. The van der Waals surface area contributed by atoms with Gasteiger partial charge in [-0.05, 0) is 42.5 Å². The smallest absolute Gasteiger partial charge is 0.193 e. The summed E-state index contributed by atoms with van der Waals surface area (Å²) in [6, 6.07) is 6.43. The Morgan fingerprint density at radius 1 is 1.36 bits per heavy atom. The quantitative estimate of drug-likeness (QED) is 0.577. The topological polar surface area (TPSA) is 67.7 Å². The summed E-state index contributed by atoms with van der Waals surface area (Å²) in [6.07, 6.45) is 7.58. The molecule has 0 radical (unpaired) electrons. The van der Waals surface area contributed by atoms with Gasteiger partial charge in [0.2, 0.25) is 0 Å². The minimum absolute atomic E-state index is 0.425. The number of anilines is 1. The summed E-state index contributed by atoms with van der Waals surface area (Å²) in [4.78, 5) is 9.84. The van der Waals surface area contributed by atoms with Gasteiger partial charge in [-0.2, -0.15) is 0 Å². The van der Waals surface area contributed by atoms with Crippen molar-refractivity contribution < 1.29 is 0 Å². The first-order valence-electron chi connectivity index (χ1n) is 7.38. The fourth-order valence-corrected chi connectivity index (χ4v) is 3.57. The van der Waals surface area contributed by atoms with Gasteiger partial charge in [0, 0.05) is 23.5 Å². The summed E-state index contributed by atoms with van der Waals surface area (Å²) in [6.45, 7) is 0.484. The maximum Gasteiger partial charge on any atom is 0.193 e. The van der Waals surface area contributed by atoms with Crippen molar-refractivity contribution in [3.8, 4) is 0 Å². The number of hydrogen-bond donors (Lipinski definition) is 2. The van der Waals surface area contributed by atoms with Crippen molar-refractivity contribution >= 4 is 27.9 Å². The molecule has 3 N–H and O–H groups in total. The molecule has 112 valence electrons. The molecule has 1 aliphatic carbocycles. The number of benzene rings is 1.